The molecular weight excluding hydrogens is 391 g/mol. The number of nitrogens with one attached hydrogen (secondary N) is 1. The minimum atomic E-state index is -0.456. The van der Waals surface area contributed by atoms with E-state index in [1.165, 1.54) is 0 Å². The van der Waals surface area contributed by atoms with E-state index in [0.717, 1.165) is 28.9 Å². The second kappa shape index (κ2) is 7.47. The van der Waals surface area contributed by atoms with Crippen molar-refractivity contribution in [1.29, 1.82) is 0 Å². The van der Waals surface area contributed by atoms with E-state index in [1.807, 2.05) is 31.2 Å². The number of hydrogen-bond acceptors (Lipinski definition) is 2. The summed E-state index contributed by atoms with van der Waals surface area (Å²) in [6.45, 7) is 9.57. The number of allylic oxidation sites excluding steroid dienone is 3. The van der Waals surface area contributed by atoms with Crippen LogP contribution in [0, 0.1) is 6.57 Å². The highest BCUT2D eigenvalue weighted by Crippen LogP contribution is 2.47. The van der Waals surface area contributed by atoms with Gasteiger partial charge in [0.25, 0.3) is 0 Å². The van der Waals surface area contributed by atoms with Gasteiger partial charge in [-0.3, -0.25) is 4.79 Å². The van der Waals surface area contributed by atoms with Crippen molar-refractivity contribution in [3.05, 3.63) is 104 Å². The summed E-state index contributed by atoms with van der Waals surface area (Å²) in [5.74, 6) is -0.265. The molecule has 2 aromatic carbocycles. The van der Waals surface area contributed by atoms with Gasteiger partial charge in [0.15, 0.2) is 11.5 Å². The van der Waals surface area contributed by atoms with Crippen molar-refractivity contribution in [2.75, 3.05) is 0 Å². The maximum Gasteiger partial charge on any atom is 0.195 e. The van der Waals surface area contributed by atoms with Gasteiger partial charge in [0, 0.05) is 33.4 Å². The van der Waals surface area contributed by atoms with Gasteiger partial charge in [0.2, 0.25) is 0 Å². The average Bonchev–Trinajstić information content (AvgIpc) is 2.67. The molecule has 4 rings (SSSR count). The molecule has 0 saturated carbocycles. The zero-order valence-electron chi connectivity index (χ0n) is 15.3. The van der Waals surface area contributed by atoms with Crippen LogP contribution in [0.1, 0.15) is 42.7 Å². The van der Waals surface area contributed by atoms with Crippen molar-refractivity contribution in [2.24, 2.45) is 0 Å². The predicted molar refractivity (Wildman–Crippen MR) is 112 cm³/mol. The lowest BCUT2D eigenvalue weighted by Gasteiger charge is -2.36. The first kappa shape index (κ1) is 18.8. The molecule has 0 radical (unpaired) electrons. The molecule has 0 saturated heterocycles. The van der Waals surface area contributed by atoms with Crippen molar-refractivity contribution in [2.45, 2.75) is 31.6 Å². The molecule has 5 heteroatoms. The number of hydrogen-bond donors (Lipinski definition) is 1. The molecule has 28 heavy (non-hydrogen) atoms. The Balaban J connectivity index is 1.82. The third-order valence-corrected chi connectivity index (χ3v) is 6.02. The molecule has 0 spiro atoms. The van der Waals surface area contributed by atoms with Crippen molar-refractivity contribution >= 4 is 29.0 Å². The lowest BCUT2D eigenvalue weighted by Crippen LogP contribution is -2.33. The van der Waals surface area contributed by atoms with Gasteiger partial charge in [-0.25, -0.2) is 4.85 Å². The third kappa shape index (κ3) is 3.24. The van der Waals surface area contributed by atoms with Gasteiger partial charge in [-0.05, 0) is 42.5 Å². The molecule has 1 aliphatic carbocycles. The zero-order valence-corrected chi connectivity index (χ0v) is 16.8. The number of Topliss-reactive ketones (excluding diaryl/α,β-unsaturated/α-hetero) is 1. The van der Waals surface area contributed by atoms with Crippen LogP contribution in [0.4, 0.5) is 0 Å². The van der Waals surface area contributed by atoms with Gasteiger partial charge in [-0.1, -0.05) is 59.6 Å². The quantitative estimate of drug-likeness (QED) is 0.597. The van der Waals surface area contributed by atoms with Crippen LogP contribution in [0.25, 0.3) is 4.85 Å². The maximum atomic E-state index is 13.2. The summed E-state index contributed by atoms with van der Waals surface area (Å²) >= 11 is 12.5. The Morgan fingerprint density at radius 2 is 1.86 bits per heavy atom. The van der Waals surface area contributed by atoms with Crippen molar-refractivity contribution in [1.82, 2.24) is 5.32 Å². The smallest absolute Gasteiger partial charge is 0.195 e. The minimum absolute atomic E-state index is 0.0623. The van der Waals surface area contributed by atoms with E-state index < -0.39 is 5.92 Å². The van der Waals surface area contributed by atoms with E-state index in [-0.39, 0.29) is 11.7 Å². The van der Waals surface area contributed by atoms with Gasteiger partial charge in [-0.15, -0.1) is 0 Å². The molecule has 3 nitrogen and oxygen atoms in total. The molecule has 2 aromatic rings. The number of carbonyl (C=O) groups is 1. The first-order valence-corrected chi connectivity index (χ1v) is 9.86. The Labute approximate surface area is 174 Å². The summed E-state index contributed by atoms with van der Waals surface area (Å²) < 4.78 is 0. The molecule has 140 valence electrons. The Morgan fingerprint density at radius 1 is 1.11 bits per heavy atom. The summed E-state index contributed by atoms with van der Waals surface area (Å²) in [4.78, 5) is 17.0. The average molecular weight is 409 g/mol. The first-order chi connectivity index (χ1) is 13.5. The molecule has 1 aliphatic heterocycles. The van der Waals surface area contributed by atoms with Crippen LogP contribution >= 0.6 is 23.2 Å². The van der Waals surface area contributed by atoms with Crippen LogP contribution in [0.2, 0.25) is 10.0 Å². The molecule has 0 fully saturated rings. The second-order valence-corrected chi connectivity index (χ2v) is 8.02. The number of carbonyl (C=O) groups excluding carboxylic acids is 1. The largest absolute Gasteiger partial charge is 0.372 e. The van der Waals surface area contributed by atoms with Crippen molar-refractivity contribution in [3.8, 4) is 0 Å². The van der Waals surface area contributed by atoms with Crippen LogP contribution in [-0.4, -0.2) is 5.78 Å². The summed E-state index contributed by atoms with van der Waals surface area (Å²) in [5.41, 5.74) is 4.74. The highest BCUT2D eigenvalue weighted by molar-refractivity contribution is 6.35. The number of halogens is 2. The number of rotatable bonds is 2. The van der Waals surface area contributed by atoms with E-state index in [9.17, 15) is 4.79 Å². The van der Waals surface area contributed by atoms with E-state index in [2.05, 4.69) is 22.3 Å². The van der Waals surface area contributed by atoms with Crippen LogP contribution in [-0.2, 0) is 4.79 Å². The first-order valence-electron chi connectivity index (χ1n) is 9.11. The Kier molecular flexibility index (Phi) is 5.02. The summed E-state index contributed by atoms with van der Waals surface area (Å²) in [7, 11) is 0. The van der Waals surface area contributed by atoms with Crippen molar-refractivity contribution in [3.63, 3.8) is 0 Å². The highest BCUT2D eigenvalue weighted by Gasteiger charge is 2.39. The standard InChI is InChI=1S/C23H18Cl2N2O/c1-13-23(26-2)21(17-9-8-16(24)12-18(17)25)22-19(27-13)10-15(11-20(22)28)14-6-4-3-5-7-14/h3-9,12,15,21,27H,10-11H2,1H3. The normalized spacial score (nSPS) is 21.9. The van der Waals surface area contributed by atoms with E-state index in [4.69, 9.17) is 29.8 Å². The molecule has 0 aromatic heterocycles. The monoisotopic (exact) mass is 408 g/mol. The molecule has 1 N–H and O–H groups in total. The predicted octanol–water partition coefficient (Wildman–Crippen LogP) is 6.23. The van der Waals surface area contributed by atoms with Gasteiger partial charge >= 0.3 is 0 Å². The van der Waals surface area contributed by atoms with Gasteiger partial charge < -0.3 is 5.32 Å². The zero-order chi connectivity index (χ0) is 19.8. The molecule has 2 atom stereocenters. The van der Waals surface area contributed by atoms with E-state index in [1.54, 1.807) is 12.1 Å². The number of ketones is 1. The van der Waals surface area contributed by atoms with Crippen LogP contribution < -0.4 is 5.32 Å². The van der Waals surface area contributed by atoms with Gasteiger partial charge in [-0.2, -0.15) is 0 Å². The topological polar surface area (TPSA) is 33.5 Å². The fourth-order valence-corrected chi connectivity index (χ4v) is 4.69. The highest BCUT2D eigenvalue weighted by atomic mass is 35.5. The molecule has 2 unspecified atom stereocenters. The maximum absolute atomic E-state index is 13.2. The van der Waals surface area contributed by atoms with Crippen LogP contribution in [0.3, 0.4) is 0 Å². The SMILES string of the molecule is [C-]#[N+]C1=C(C)NC2=C(C(=O)CC(c3ccccc3)C2)C1c1ccc(Cl)cc1Cl. The summed E-state index contributed by atoms with van der Waals surface area (Å²) in [6, 6.07) is 15.3. The molecule has 0 amide bonds. The van der Waals surface area contributed by atoms with Crippen molar-refractivity contribution < 1.29 is 4.79 Å². The summed E-state index contributed by atoms with van der Waals surface area (Å²) in [6.07, 6.45) is 1.16. The molecule has 0 bridgehead atoms. The van der Waals surface area contributed by atoms with Crippen LogP contribution in [0.15, 0.2) is 71.2 Å². The number of nitrogens with zero attached hydrogens (tertiary/aromatic N) is 1. The van der Waals surface area contributed by atoms with E-state index in [0.29, 0.717) is 27.7 Å². The molecular formula is C23H18Cl2N2O. The second-order valence-electron chi connectivity index (χ2n) is 7.18. The fraction of sp³-hybridized carbons (Fsp3) is 0.217. The minimum Gasteiger partial charge on any atom is -0.372 e. The van der Waals surface area contributed by atoms with Gasteiger partial charge in [0.05, 0.1) is 12.5 Å². The lowest BCUT2D eigenvalue weighted by atomic mass is 9.73. The molecule has 1 heterocycles. The summed E-state index contributed by atoms with van der Waals surface area (Å²) in [5, 5.41) is 4.33. The number of dihydropyridines is 1. The number of benzene rings is 2. The van der Waals surface area contributed by atoms with Crippen LogP contribution in [0.5, 0.6) is 0 Å². The third-order valence-electron chi connectivity index (χ3n) is 5.46. The lowest BCUT2D eigenvalue weighted by molar-refractivity contribution is -0.116. The Hall–Kier alpha value is -2.54. The molecule has 2 aliphatic rings. The van der Waals surface area contributed by atoms with E-state index >= 15 is 0 Å². The van der Waals surface area contributed by atoms with Gasteiger partial charge in [0.1, 0.15) is 0 Å². The Morgan fingerprint density at radius 3 is 2.54 bits per heavy atom. The fourth-order valence-electron chi connectivity index (χ4n) is 4.18. The Bertz CT molecular complexity index is 1060.